The molecule has 0 unspecified atom stereocenters. The first kappa shape index (κ1) is 43.9. The zero-order chi connectivity index (χ0) is 48.7. The van der Waals surface area contributed by atoms with Crippen molar-refractivity contribution in [3.05, 3.63) is 256 Å². The molecule has 2 heterocycles. The molecule has 0 saturated carbocycles. The van der Waals surface area contributed by atoms with E-state index >= 15 is 0 Å². The smallest absolute Gasteiger partial charge is 0.0632 e. The van der Waals surface area contributed by atoms with Crippen LogP contribution < -0.4 is 0 Å². The van der Waals surface area contributed by atoms with Crippen LogP contribution >= 0.6 is 47.8 Å². The third-order valence-electron chi connectivity index (χ3n) is 14.7. The number of halogens is 3. The third-order valence-corrected chi connectivity index (χ3v) is 16.2. The van der Waals surface area contributed by atoms with Crippen LogP contribution in [0.3, 0.4) is 0 Å². The minimum Gasteiger partial charge on any atom is -0.354 e. The lowest BCUT2D eigenvalue weighted by Crippen LogP contribution is -1.95. The van der Waals surface area contributed by atoms with Crippen LogP contribution in [0.15, 0.2) is 256 Å². The van der Waals surface area contributed by atoms with Crippen LogP contribution in [0.1, 0.15) is 0 Å². The summed E-state index contributed by atoms with van der Waals surface area (Å²) in [6.45, 7) is 0. The summed E-state index contributed by atoms with van der Waals surface area (Å²) in [7, 11) is 0. The fourth-order valence-electron chi connectivity index (χ4n) is 11.9. The van der Waals surface area contributed by atoms with E-state index < -0.39 is 0 Å². The maximum absolute atomic E-state index is 3.78. The fraction of sp³-hybridized carbons (Fsp3) is 0. The van der Waals surface area contributed by atoms with Crippen molar-refractivity contribution in [2.75, 3.05) is 0 Å². The topological polar surface area (TPSA) is 20.7 Å². The molecule has 0 aliphatic carbocycles. The maximum Gasteiger partial charge on any atom is 0.0632 e. The Morgan fingerprint density at radius 1 is 0.260 bits per heavy atom. The molecule has 16 aromatic rings. The highest BCUT2D eigenvalue weighted by atomic mass is 79.9. The summed E-state index contributed by atoms with van der Waals surface area (Å²) in [5.41, 5.74) is 6.03. The van der Waals surface area contributed by atoms with Crippen molar-refractivity contribution in [2.45, 2.75) is 0 Å². The van der Waals surface area contributed by atoms with Crippen molar-refractivity contribution in [3.63, 3.8) is 0 Å². The number of rotatable bonds is 1. The summed E-state index contributed by atoms with van der Waals surface area (Å²) in [6, 6.07) is 87.1. The molecule has 14 aromatic carbocycles. The Morgan fingerprint density at radius 2 is 0.630 bits per heavy atom. The summed E-state index contributed by atoms with van der Waals surface area (Å²) in [4.78, 5) is 3.78. The fourth-order valence-corrected chi connectivity index (χ4v) is 12.9. The number of para-hydroxylation sites is 1. The Hall–Kier alpha value is -7.80. The number of aromatic amines is 1. The zero-order valence-corrected chi connectivity index (χ0v) is 43.9. The molecule has 0 atom stereocenters. The van der Waals surface area contributed by atoms with Gasteiger partial charge < -0.3 is 9.55 Å². The molecule has 0 spiro atoms. The lowest BCUT2D eigenvalue weighted by molar-refractivity contribution is 1.19. The summed E-state index contributed by atoms with van der Waals surface area (Å²) >= 11 is 10.7. The van der Waals surface area contributed by atoms with Gasteiger partial charge in [-0.3, -0.25) is 0 Å². The van der Waals surface area contributed by atoms with Crippen molar-refractivity contribution >= 4 is 178 Å². The lowest BCUT2D eigenvalue weighted by atomic mass is 9.89. The minimum atomic E-state index is 1.08. The summed E-state index contributed by atoms with van der Waals surface area (Å²) in [5, 5.41) is 26.1. The number of nitrogens with zero attached hydrogens (tertiary/aromatic N) is 1. The van der Waals surface area contributed by atoms with Crippen LogP contribution in [0.5, 0.6) is 0 Å². The number of hydrogen-bond acceptors (Lipinski definition) is 0. The van der Waals surface area contributed by atoms with E-state index in [1.54, 1.807) is 0 Å². The molecule has 0 aliphatic heterocycles. The van der Waals surface area contributed by atoms with E-state index in [-0.39, 0.29) is 0 Å². The van der Waals surface area contributed by atoms with Gasteiger partial charge in [-0.1, -0.05) is 242 Å². The van der Waals surface area contributed by atoms with Crippen LogP contribution in [-0.2, 0) is 0 Å². The van der Waals surface area contributed by atoms with Gasteiger partial charge in [-0.15, -0.1) is 0 Å². The Labute approximate surface area is 445 Å². The normalized spacial score (nSPS) is 11.8. The second-order valence-corrected chi connectivity index (χ2v) is 21.4. The van der Waals surface area contributed by atoms with E-state index in [0.717, 1.165) is 18.9 Å². The first-order chi connectivity index (χ1) is 36.0. The molecule has 0 bridgehead atoms. The van der Waals surface area contributed by atoms with Crippen LogP contribution in [-0.4, -0.2) is 9.55 Å². The average Bonchev–Trinajstić information content (AvgIpc) is 4.00. The number of aromatic nitrogens is 2. The van der Waals surface area contributed by atoms with Gasteiger partial charge in [0.1, 0.15) is 0 Å². The lowest BCUT2D eigenvalue weighted by Gasteiger charge is -2.17. The quantitative estimate of drug-likeness (QED) is 0.158. The van der Waals surface area contributed by atoms with Crippen molar-refractivity contribution in [3.8, 4) is 5.69 Å². The number of hydrogen-bond donors (Lipinski definition) is 1. The highest BCUT2D eigenvalue weighted by Crippen LogP contribution is 2.49. The molecular weight excluding hydrogens is 1080 g/mol. The van der Waals surface area contributed by atoms with Crippen molar-refractivity contribution < 1.29 is 0 Å². The van der Waals surface area contributed by atoms with E-state index in [1.807, 2.05) is 30.3 Å². The van der Waals surface area contributed by atoms with Gasteiger partial charge in [-0.05, 0) is 113 Å². The summed E-state index contributed by atoms with van der Waals surface area (Å²) in [6.07, 6.45) is 0. The molecule has 5 heteroatoms. The molecule has 0 saturated heterocycles. The zero-order valence-electron chi connectivity index (χ0n) is 39.2. The van der Waals surface area contributed by atoms with Gasteiger partial charge >= 0.3 is 0 Å². The van der Waals surface area contributed by atoms with E-state index in [0.29, 0.717) is 0 Å². The molecule has 16 rings (SSSR count). The van der Waals surface area contributed by atoms with Crippen LogP contribution in [0.25, 0.3) is 135 Å². The Balaban J connectivity index is 0.000000121. The molecule has 0 aliphatic rings. The molecule has 0 fully saturated rings. The average molecular weight is 1130 g/mol. The molecule has 2 aromatic heterocycles. The van der Waals surface area contributed by atoms with Gasteiger partial charge in [0.15, 0.2) is 0 Å². The standard InChI is InChI=1S/C34H20BrN.C28H16BrN.C6H5Br/c35-21-18-19-29-30(20-21)36(22-10-2-1-3-11-22)34-32(29)28-17-9-8-16-27(28)31-25-14-6-4-12-23(25)24-13-5-7-15-26(24)33(31)34;29-16-13-14-23-24(15-16)30-28-26(23)22-12-6-5-11-21(22)25-19-9-3-1-7-17(19)18-8-2-4-10-20(18)27(25)28;7-6-4-2-1-3-5-6/h1-20H;1-15,30H;1-5H. The molecule has 2 nitrogen and oxygen atoms in total. The summed E-state index contributed by atoms with van der Waals surface area (Å²) in [5.74, 6) is 0. The number of H-pyrrole nitrogens is 1. The van der Waals surface area contributed by atoms with Gasteiger partial charge in [-0.25, -0.2) is 0 Å². The number of benzene rings is 14. The van der Waals surface area contributed by atoms with Crippen molar-refractivity contribution in [2.24, 2.45) is 0 Å². The third kappa shape index (κ3) is 7.01. The first-order valence-corrected chi connectivity index (χ1v) is 26.9. The van der Waals surface area contributed by atoms with Gasteiger partial charge in [-0.2, -0.15) is 0 Å². The van der Waals surface area contributed by atoms with Crippen LogP contribution in [0.4, 0.5) is 0 Å². The number of fused-ring (bicyclic) bond motifs is 26. The van der Waals surface area contributed by atoms with E-state index in [9.17, 15) is 0 Å². The van der Waals surface area contributed by atoms with Crippen molar-refractivity contribution in [1.82, 2.24) is 9.55 Å². The van der Waals surface area contributed by atoms with E-state index in [4.69, 9.17) is 0 Å². The first-order valence-electron chi connectivity index (χ1n) is 24.5. The molecular formula is C68H41Br3N2. The highest BCUT2D eigenvalue weighted by molar-refractivity contribution is 9.11. The predicted octanol–water partition coefficient (Wildman–Crippen LogP) is 21.3. The highest BCUT2D eigenvalue weighted by Gasteiger charge is 2.23. The van der Waals surface area contributed by atoms with Gasteiger partial charge in [0, 0.05) is 67.7 Å². The Bertz CT molecular complexity index is 4880. The van der Waals surface area contributed by atoms with Gasteiger partial charge in [0.05, 0.1) is 16.6 Å². The maximum atomic E-state index is 3.78. The second-order valence-electron chi connectivity index (χ2n) is 18.7. The van der Waals surface area contributed by atoms with Gasteiger partial charge in [0.25, 0.3) is 0 Å². The molecule has 73 heavy (non-hydrogen) atoms. The summed E-state index contributed by atoms with van der Waals surface area (Å²) < 4.78 is 5.77. The van der Waals surface area contributed by atoms with Crippen molar-refractivity contribution in [1.29, 1.82) is 0 Å². The molecule has 344 valence electrons. The largest absolute Gasteiger partial charge is 0.354 e. The van der Waals surface area contributed by atoms with E-state index in [1.165, 1.54) is 130 Å². The van der Waals surface area contributed by atoms with E-state index in [2.05, 4.69) is 270 Å². The van der Waals surface area contributed by atoms with Crippen LogP contribution in [0.2, 0.25) is 0 Å². The molecule has 1 N–H and O–H groups in total. The minimum absolute atomic E-state index is 1.08. The Kier molecular flexibility index (Phi) is 10.7. The number of nitrogens with one attached hydrogen (secondary N) is 1. The monoisotopic (exact) mass is 1120 g/mol. The SMILES string of the molecule is Brc1ccc2c(c1)[nH]c1c2c2ccccc2c2c3ccccc3c3ccccc3c12.Brc1ccc2c3c4ccccc4c4c5ccccc5c5ccccc5c4c3n(-c3ccccc3)c2c1.Brc1ccccc1. The Morgan fingerprint density at radius 3 is 1.12 bits per heavy atom. The molecule has 0 amide bonds. The van der Waals surface area contributed by atoms with Gasteiger partial charge in [0.2, 0.25) is 0 Å². The second kappa shape index (κ2) is 17.7. The van der Waals surface area contributed by atoms with Crippen LogP contribution in [0, 0.1) is 0 Å². The predicted molar refractivity (Wildman–Crippen MR) is 326 cm³/mol. The molecule has 0 radical (unpaired) electrons.